The van der Waals surface area contributed by atoms with Crippen molar-refractivity contribution in [3.05, 3.63) is 44.6 Å². The van der Waals surface area contributed by atoms with Gasteiger partial charge in [0, 0.05) is 10.9 Å². The van der Waals surface area contributed by atoms with Gasteiger partial charge in [-0.25, -0.2) is 4.39 Å². The van der Waals surface area contributed by atoms with Gasteiger partial charge in [0.1, 0.15) is 5.82 Å². The molecule has 19 heavy (non-hydrogen) atoms. The smallest absolute Gasteiger partial charge is 0.126 e. The standard InChI is InChI=1S/C13H14BrFN2OS/c1-2-3-11-13(19-17-16-11)12(18)7-8-6-9(14)4-5-10(8)15/h4-6,12,18H,2-3,7H2,1H3. The Morgan fingerprint density at radius 2 is 2.26 bits per heavy atom. The van der Waals surface area contributed by atoms with Crippen LogP contribution in [0.3, 0.4) is 0 Å². The van der Waals surface area contributed by atoms with E-state index >= 15 is 0 Å². The van der Waals surface area contributed by atoms with E-state index in [-0.39, 0.29) is 12.2 Å². The number of aryl methyl sites for hydroxylation is 1. The maximum absolute atomic E-state index is 13.7. The van der Waals surface area contributed by atoms with Crippen molar-refractivity contribution in [1.82, 2.24) is 9.59 Å². The Morgan fingerprint density at radius 3 is 3.00 bits per heavy atom. The Bertz CT molecular complexity index is 561. The molecule has 1 atom stereocenters. The van der Waals surface area contributed by atoms with Crippen LogP contribution in [-0.4, -0.2) is 14.7 Å². The Kier molecular flexibility index (Phi) is 5.01. The van der Waals surface area contributed by atoms with Gasteiger partial charge in [0.2, 0.25) is 0 Å². The molecule has 1 unspecified atom stereocenters. The molecular formula is C13H14BrFN2OS. The number of nitrogens with zero attached hydrogens (tertiary/aromatic N) is 2. The Balaban J connectivity index is 2.18. The van der Waals surface area contributed by atoms with Crippen LogP contribution in [0.15, 0.2) is 22.7 Å². The second-order valence-electron chi connectivity index (χ2n) is 4.29. The van der Waals surface area contributed by atoms with E-state index in [1.165, 1.54) is 17.6 Å². The third-order valence-electron chi connectivity index (χ3n) is 2.80. The molecular weight excluding hydrogens is 331 g/mol. The van der Waals surface area contributed by atoms with Crippen LogP contribution in [0.1, 0.15) is 35.6 Å². The molecule has 0 fully saturated rings. The molecule has 0 amide bonds. The van der Waals surface area contributed by atoms with Gasteiger partial charge in [-0.15, -0.1) is 5.10 Å². The van der Waals surface area contributed by atoms with E-state index in [1.807, 2.05) is 6.92 Å². The summed E-state index contributed by atoms with van der Waals surface area (Å²) in [6, 6.07) is 4.72. The summed E-state index contributed by atoms with van der Waals surface area (Å²) in [5.41, 5.74) is 1.30. The third kappa shape index (κ3) is 3.58. The number of aliphatic hydroxyl groups excluding tert-OH is 1. The number of benzene rings is 1. The van der Waals surface area contributed by atoms with E-state index in [1.54, 1.807) is 12.1 Å². The van der Waals surface area contributed by atoms with E-state index in [0.717, 1.165) is 27.9 Å². The average molecular weight is 345 g/mol. The van der Waals surface area contributed by atoms with Gasteiger partial charge in [0.05, 0.1) is 16.7 Å². The van der Waals surface area contributed by atoms with Crippen molar-refractivity contribution >= 4 is 27.5 Å². The Labute approximate surface area is 123 Å². The van der Waals surface area contributed by atoms with Gasteiger partial charge in [0.15, 0.2) is 0 Å². The van der Waals surface area contributed by atoms with Crippen molar-refractivity contribution < 1.29 is 9.50 Å². The predicted octanol–water partition coefficient (Wildman–Crippen LogP) is 3.67. The molecule has 0 aliphatic rings. The fraction of sp³-hybridized carbons (Fsp3) is 0.385. The highest BCUT2D eigenvalue weighted by Crippen LogP contribution is 2.27. The Hall–Kier alpha value is -0.850. The number of rotatable bonds is 5. The third-order valence-corrected chi connectivity index (χ3v) is 4.16. The molecule has 0 radical (unpaired) electrons. The maximum Gasteiger partial charge on any atom is 0.126 e. The summed E-state index contributed by atoms with van der Waals surface area (Å²) in [6.45, 7) is 2.05. The largest absolute Gasteiger partial charge is 0.387 e. The SMILES string of the molecule is CCCc1nnsc1C(O)Cc1cc(Br)ccc1F. The highest BCUT2D eigenvalue weighted by molar-refractivity contribution is 9.10. The number of halogens is 2. The lowest BCUT2D eigenvalue weighted by atomic mass is 10.0. The summed E-state index contributed by atoms with van der Waals surface area (Å²) in [5.74, 6) is -0.309. The van der Waals surface area contributed by atoms with Crippen molar-refractivity contribution in [1.29, 1.82) is 0 Å². The lowest BCUT2D eigenvalue weighted by Crippen LogP contribution is -2.05. The number of aliphatic hydroxyl groups is 1. The molecule has 6 heteroatoms. The highest BCUT2D eigenvalue weighted by Gasteiger charge is 2.18. The molecule has 1 aromatic heterocycles. The molecule has 0 aliphatic carbocycles. The molecule has 1 N–H and O–H groups in total. The van der Waals surface area contributed by atoms with Gasteiger partial charge < -0.3 is 5.11 Å². The molecule has 0 aliphatic heterocycles. The van der Waals surface area contributed by atoms with Crippen molar-refractivity contribution in [3.63, 3.8) is 0 Å². The van der Waals surface area contributed by atoms with E-state index in [0.29, 0.717) is 5.56 Å². The normalized spacial score (nSPS) is 12.6. The van der Waals surface area contributed by atoms with Crippen LogP contribution in [0, 0.1) is 5.82 Å². The van der Waals surface area contributed by atoms with E-state index in [4.69, 9.17) is 0 Å². The van der Waals surface area contributed by atoms with Crippen LogP contribution in [0.5, 0.6) is 0 Å². The molecule has 0 saturated carbocycles. The van der Waals surface area contributed by atoms with E-state index < -0.39 is 6.10 Å². The van der Waals surface area contributed by atoms with Gasteiger partial charge in [-0.1, -0.05) is 33.8 Å². The average Bonchev–Trinajstić information content (AvgIpc) is 2.82. The molecule has 102 valence electrons. The zero-order valence-electron chi connectivity index (χ0n) is 10.4. The van der Waals surface area contributed by atoms with Crippen LogP contribution < -0.4 is 0 Å². The number of hydrogen-bond donors (Lipinski definition) is 1. The van der Waals surface area contributed by atoms with Crippen LogP contribution in [0.4, 0.5) is 4.39 Å². The minimum atomic E-state index is -0.759. The molecule has 0 spiro atoms. The minimum absolute atomic E-state index is 0.228. The second kappa shape index (κ2) is 6.54. The first-order valence-corrected chi connectivity index (χ1v) is 7.61. The summed E-state index contributed by atoms with van der Waals surface area (Å²) in [5, 5.41) is 14.2. The topological polar surface area (TPSA) is 46.0 Å². The summed E-state index contributed by atoms with van der Waals surface area (Å²) < 4.78 is 18.3. The molecule has 2 rings (SSSR count). The summed E-state index contributed by atoms with van der Waals surface area (Å²) in [7, 11) is 0. The second-order valence-corrected chi connectivity index (χ2v) is 5.99. The van der Waals surface area contributed by atoms with Crippen molar-refractivity contribution in [2.45, 2.75) is 32.3 Å². The van der Waals surface area contributed by atoms with Gasteiger partial charge in [-0.2, -0.15) is 0 Å². The first-order valence-electron chi connectivity index (χ1n) is 6.05. The zero-order chi connectivity index (χ0) is 13.8. The lowest BCUT2D eigenvalue weighted by molar-refractivity contribution is 0.179. The Morgan fingerprint density at radius 1 is 1.47 bits per heavy atom. The van der Waals surface area contributed by atoms with Crippen molar-refractivity contribution in [3.8, 4) is 0 Å². The molecule has 0 bridgehead atoms. The van der Waals surface area contributed by atoms with Crippen LogP contribution in [0.2, 0.25) is 0 Å². The van der Waals surface area contributed by atoms with Gasteiger partial charge >= 0.3 is 0 Å². The summed E-state index contributed by atoms with van der Waals surface area (Å²) in [4.78, 5) is 0.737. The van der Waals surface area contributed by atoms with Gasteiger partial charge in [0.25, 0.3) is 0 Å². The fourth-order valence-electron chi connectivity index (χ4n) is 1.88. The molecule has 1 aromatic carbocycles. The summed E-state index contributed by atoms with van der Waals surface area (Å²) in [6.07, 6.45) is 1.19. The number of hydrogen-bond acceptors (Lipinski definition) is 4. The van der Waals surface area contributed by atoms with Crippen molar-refractivity contribution in [2.24, 2.45) is 0 Å². The molecule has 0 saturated heterocycles. The fourth-order valence-corrected chi connectivity index (χ4v) is 2.97. The van der Waals surface area contributed by atoms with Crippen molar-refractivity contribution in [2.75, 3.05) is 0 Å². The molecule has 1 heterocycles. The first kappa shape index (κ1) is 14.6. The minimum Gasteiger partial charge on any atom is -0.387 e. The van der Waals surface area contributed by atoms with E-state index in [2.05, 4.69) is 25.5 Å². The molecule has 3 nitrogen and oxygen atoms in total. The predicted molar refractivity (Wildman–Crippen MR) is 76.7 cm³/mol. The van der Waals surface area contributed by atoms with Crippen LogP contribution in [0.25, 0.3) is 0 Å². The van der Waals surface area contributed by atoms with Crippen LogP contribution >= 0.6 is 27.5 Å². The van der Waals surface area contributed by atoms with E-state index in [9.17, 15) is 9.50 Å². The monoisotopic (exact) mass is 344 g/mol. The summed E-state index contributed by atoms with van der Waals surface area (Å²) >= 11 is 4.49. The zero-order valence-corrected chi connectivity index (χ0v) is 12.8. The van der Waals surface area contributed by atoms with Gasteiger partial charge in [-0.3, -0.25) is 0 Å². The quantitative estimate of drug-likeness (QED) is 0.899. The highest BCUT2D eigenvalue weighted by atomic mass is 79.9. The van der Waals surface area contributed by atoms with Gasteiger partial charge in [-0.05, 0) is 41.7 Å². The lowest BCUT2D eigenvalue weighted by Gasteiger charge is -2.10. The number of aromatic nitrogens is 2. The first-order chi connectivity index (χ1) is 9.11. The van der Waals surface area contributed by atoms with Crippen LogP contribution in [-0.2, 0) is 12.8 Å². The maximum atomic E-state index is 13.7. The molecule has 2 aromatic rings.